The van der Waals surface area contributed by atoms with Crippen molar-refractivity contribution >= 4 is 17.5 Å². The van der Waals surface area contributed by atoms with Gasteiger partial charge < -0.3 is 10.2 Å². The summed E-state index contributed by atoms with van der Waals surface area (Å²) in [7, 11) is 2.02. The molecule has 5 heteroatoms. The Morgan fingerprint density at radius 3 is 3.06 bits per heavy atom. The van der Waals surface area contributed by atoms with Gasteiger partial charge in [-0.15, -0.1) is 0 Å². The number of aromatic nitrogens is 2. The molecule has 0 spiro atoms. The van der Waals surface area contributed by atoms with Gasteiger partial charge >= 0.3 is 0 Å². The van der Waals surface area contributed by atoms with Crippen LogP contribution >= 0.6 is 11.6 Å². The molecule has 1 aliphatic heterocycles. The first-order valence-corrected chi connectivity index (χ1v) is 6.45. The monoisotopic (exact) mass is 254 g/mol. The summed E-state index contributed by atoms with van der Waals surface area (Å²) in [5, 5.41) is 3.96. The Bertz CT molecular complexity index is 377. The first-order chi connectivity index (χ1) is 8.16. The van der Waals surface area contributed by atoms with Gasteiger partial charge in [-0.05, 0) is 38.8 Å². The molecule has 0 amide bonds. The lowest BCUT2D eigenvalue weighted by molar-refractivity contribution is 0.380. The van der Waals surface area contributed by atoms with E-state index in [1.807, 2.05) is 14.0 Å². The number of piperidine rings is 1. The van der Waals surface area contributed by atoms with E-state index >= 15 is 0 Å². The number of hydrogen-bond donors (Lipinski definition) is 1. The fourth-order valence-corrected chi connectivity index (χ4v) is 2.27. The predicted molar refractivity (Wildman–Crippen MR) is 70.6 cm³/mol. The zero-order valence-electron chi connectivity index (χ0n) is 10.4. The van der Waals surface area contributed by atoms with Crippen LogP contribution in [0.4, 0.5) is 5.95 Å². The van der Waals surface area contributed by atoms with E-state index in [4.69, 9.17) is 11.6 Å². The van der Waals surface area contributed by atoms with Gasteiger partial charge in [-0.2, -0.15) is 0 Å². The van der Waals surface area contributed by atoms with Crippen LogP contribution in [0.2, 0.25) is 5.15 Å². The fourth-order valence-electron chi connectivity index (χ4n) is 2.15. The van der Waals surface area contributed by atoms with Crippen molar-refractivity contribution < 1.29 is 0 Å². The van der Waals surface area contributed by atoms with Gasteiger partial charge in [0.2, 0.25) is 5.95 Å². The van der Waals surface area contributed by atoms with Gasteiger partial charge in [-0.25, -0.2) is 9.97 Å². The third kappa shape index (κ3) is 3.30. The predicted octanol–water partition coefficient (Wildman–Crippen LogP) is 1.87. The van der Waals surface area contributed by atoms with E-state index in [0.29, 0.717) is 17.0 Å². The average molecular weight is 255 g/mol. The highest BCUT2D eigenvalue weighted by molar-refractivity contribution is 6.30. The lowest BCUT2D eigenvalue weighted by atomic mass is 9.99. The minimum Gasteiger partial charge on any atom is -0.344 e. The number of anilines is 1. The first kappa shape index (κ1) is 12.6. The smallest absolute Gasteiger partial charge is 0.226 e. The summed E-state index contributed by atoms with van der Waals surface area (Å²) in [6.45, 7) is 5.13. The van der Waals surface area contributed by atoms with E-state index in [0.717, 1.165) is 25.2 Å². The Kier molecular flexibility index (Phi) is 4.18. The van der Waals surface area contributed by atoms with Crippen molar-refractivity contribution in [1.29, 1.82) is 0 Å². The molecule has 0 aliphatic carbocycles. The molecular weight excluding hydrogens is 236 g/mol. The lowest BCUT2D eigenvalue weighted by Gasteiger charge is -2.27. The van der Waals surface area contributed by atoms with E-state index in [9.17, 15) is 0 Å². The number of rotatable bonds is 3. The van der Waals surface area contributed by atoms with Crippen LogP contribution in [-0.4, -0.2) is 36.6 Å². The molecule has 1 fully saturated rings. The Morgan fingerprint density at radius 1 is 1.59 bits per heavy atom. The molecule has 2 heterocycles. The molecule has 1 aliphatic rings. The minimum absolute atomic E-state index is 0.545. The molecule has 4 nitrogen and oxygen atoms in total. The highest BCUT2D eigenvalue weighted by atomic mass is 35.5. The zero-order valence-corrected chi connectivity index (χ0v) is 11.2. The molecule has 0 aromatic carbocycles. The second-order valence-corrected chi connectivity index (χ2v) is 5.09. The molecule has 1 aromatic rings. The van der Waals surface area contributed by atoms with Crippen LogP contribution in [0.25, 0.3) is 0 Å². The van der Waals surface area contributed by atoms with Crippen molar-refractivity contribution in [3.63, 3.8) is 0 Å². The Morgan fingerprint density at radius 2 is 2.41 bits per heavy atom. The molecule has 1 aromatic heterocycles. The molecule has 1 N–H and O–H groups in total. The van der Waals surface area contributed by atoms with Crippen LogP contribution in [-0.2, 0) is 0 Å². The molecule has 94 valence electrons. The largest absolute Gasteiger partial charge is 0.344 e. The van der Waals surface area contributed by atoms with Crippen molar-refractivity contribution in [2.24, 2.45) is 5.92 Å². The summed E-state index contributed by atoms with van der Waals surface area (Å²) < 4.78 is 0. The maximum atomic E-state index is 6.01. The van der Waals surface area contributed by atoms with E-state index < -0.39 is 0 Å². The van der Waals surface area contributed by atoms with E-state index in [1.54, 1.807) is 6.20 Å². The normalized spacial score (nSPS) is 20.3. The first-order valence-electron chi connectivity index (χ1n) is 6.08. The number of halogens is 1. The van der Waals surface area contributed by atoms with Crippen LogP contribution < -0.4 is 10.2 Å². The molecule has 0 saturated carbocycles. The average Bonchev–Trinajstić information content (AvgIpc) is 2.34. The number of nitrogens with zero attached hydrogens (tertiary/aromatic N) is 3. The van der Waals surface area contributed by atoms with Crippen molar-refractivity contribution in [2.75, 3.05) is 31.6 Å². The summed E-state index contributed by atoms with van der Waals surface area (Å²) in [5.74, 6) is 1.39. The maximum absolute atomic E-state index is 6.01. The van der Waals surface area contributed by atoms with Gasteiger partial charge in [-0.1, -0.05) is 11.6 Å². The number of nitrogens with one attached hydrogen (secondary N) is 1. The molecule has 1 unspecified atom stereocenters. The van der Waals surface area contributed by atoms with E-state index in [-0.39, 0.29) is 0 Å². The fraction of sp³-hybridized carbons (Fsp3) is 0.667. The van der Waals surface area contributed by atoms with Gasteiger partial charge in [0, 0.05) is 25.4 Å². The van der Waals surface area contributed by atoms with Gasteiger partial charge in [0.15, 0.2) is 0 Å². The quantitative estimate of drug-likeness (QED) is 0.837. The van der Waals surface area contributed by atoms with Gasteiger partial charge in [0.25, 0.3) is 0 Å². The van der Waals surface area contributed by atoms with Gasteiger partial charge in [0.05, 0.1) is 0 Å². The topological polar surface area (TPSA) is 41.1 Å². The molecule has 2 rings (SSSR count). The standard InChI is InChI=1S/C12H19ClN4/c1-9-6-15-12(16-11(9)13)17(2)8-10-4-3-5-14-7-10/h6,10,14H,3-5,7-8H2,1-2H3. The second kappa shape index (κ2) is 5.65. The van der Waals surface area contributed by atoms with Crippen molar-refractivity contribution in [2.45, 2.75) is 19.8 Å². The summed E-state index contributed by atoms with van der Waals surface area (Å²) in [4.78, 5) is 10.7. The summed E-state index contributed by atoms with van der Waals surface area (Å²) >= 11 is 6.01. The third-order valence-electron chi connectivity index (χ3n) is 3.17. The van der Waals surface area contributed by atoms with Crippen molar-refractivity contribution in [3.8, 4) is 0 Å². The van der Waals surface area contributed by atoms with Crippen LogP contribution in [0, 0.1) is 12.8 Å². The molecule has 17 heavy (non-hydrogen) atoms. The molecular formula is C12H19ClN4. The number of aryl methyl sites for hydroxylation is 1. The third-order valence-corrected chi connectivity index (χ3v) is 3.55. The van der Waals surface area contributed by atoms with Crippen LogP contribution in [0.15, 0.2) is 6.20 Å². The Labute approximate surface area is 107 Å². The Hall–Kier alpha value is -0.870. The number of hydrogen-bond acceptors (Lipinski definition) is 4. The molecule has 1 saturated heterocycles. The lowest BCUT2D eigenvalue weighted by Crippen LogP contribution is -2.37. The van der Waals surface area contributed by atoms with Crippen molar-refractivity contribution in [1.82, 2.24) is 15.3 Å². The summed E-state index contributed by atoms with van der Waals surface area (Å²) in [6.07, 6.45) is 4.31. The zero-order chi connectivity index (χ0) is 12.3. The van der Waals surface area contributed by atoms with Crippen LogP contribution in [0.3, 0.4) is 0 Å². The SMILES string of the molecule is Cc1cnc(N(C)CC2CCCNC2)nc1Cl. The highest BCUT2D eigenvalue weighted by Crippen LogP contribution is 2.17. The maximum Gasteiger partial charge on any atom is 0.226 e. The van der Waals surface area contributed by atoms with Crippen LogP contribution in [0.5, 0.6) is 0 Å². The summed E-state index contributed by atoms with van der Waals surface area (Å²) in [5.41, 5.74) is 0.920. The second-order valence-electron chi connectivity index (χ2n) is 4.74. The molecule has 0 radical (unpaired) electrons. The van der Waals surface area contributed by atoms with Crippen molar-refractivity contribution in [3.05, 3.63) is 16.9 Å². The van der Waals surface area contributed by atoms with Gasteiger partial charge in [0.1, 0.15) is 5.15 Å². The van der Waals surface area contributed by atoms with E-state index in [1.165, 1.54) is 12.8 Å². The Balaban J connectivity index is 1.98. The molecule has 1 atom stereocenters. The summed E-state index contributed by atoms with van der Waals surface area (Å²) in [6, 6.07) is 0. The van der Waals surface area contributed by atoms with Crippen LogP contribution in [0.1, 0.15) is 18.4 Å². The highest BCUT2D eigenvalue weighted by Gasteiger charge is 2.16. The van der Waals surface area contributed by atoms with Gasteiger partial charge in [-0.3, -0.25) is 0 Å². The minimum atomic E-state index is 0.545. The van der Waals surface area contributed by atoms with E-state index in [2.05, 4.69) is 20.2 Å². The molecule has 0 bridgehead atoms.